The van der Waals surface area contributed by atoms with Crippen molar-refractivity contribution in [1.29, 1.82) is 0 Å². The minimum Gasteiger partial charge on any atom is -0.310 e. The zero-order valence-corrected chi connectivity index (χ0v) is 29.6. The van der Waals surface area contributed by atoms with Gasteiger partial charge in [-0.1, -0.05) is 133 Å². The monoisotopic (exact) mass is 692 g/mol. The van der Waals surface area contributed by atoms with Gasteiger partial charge in [-0.05, 0) is 87.8 Å². The zero-order chi connectivity index (χ0) is 34.9. The van der Waals surface area contributed by atoms with E-state index in [0.29, 0.717) is 0 Å². The van der Waals surface area contributed by atoms with Crippen LogP contribution >= 0.6 is 11.3 Å². The SMILES string of the molecule is c1ccc(-c2ccccc2N(c2ccc3c(c2)sc2ccccc23)c2ccc3c(c2)c2c4ccccc4ccc2n3-c2ccc3ccccc3c2)cc1. The van der Waals surface area contributed by atoms with Gasteiger partial charge in [0, 0.05) is 53.6 Å². The lowest BCUT2D eigenvalue weighted by Crippen LogP contribution is -2.11. The summed E-state index contributed by atoms with van der Waals surface area (Å²) in [6, 6.07) is 71.1. The summed E-state index contributed by atoms with van der Waals surface area (Å²) in [5.41, 5.74) is 9.32. The van der Waals surface area contributed by atoms with Gasteiger partial charge in [0.05, 0.1) is 16.7 Å². The number of aromatic nitrogens is 1. The molecule has 3 heteroatoms. The fraction of sp³-hybridized carbons (Fsp3) is 0. The molecule has 248 valence electrons. The minimum atomic E-state index is 1.12. The first-order valence-corrected chi connectivity index (χ1v) is 18.9. The van der Waals surface area contributed by atoms with E-state index >= 15 is 0 Å². The van der Waals surface area contributed by atoms with E-state index in [9.17, 15) is 0 Å². The van der Waals surface area contributed by atoms with Crippen molar-refractivity contribution in [3.63, 3.8) is 0 Å². The standard InChI is InChI=1S/C50H32N2S/c1-2-13-34(14-3-1)40-17-8-10-20-45(40)51(39-25-27-43-42-19-9-11-21-48(42)53-49(43)32-39)38-26-29-46-44(31-38)50-41-18-7-6-15-35(41)23-28-47(50)52(46)37-24-22-33-12-4-5-16-36(33)30-37/h1-32H. The van der Waals surface area contributed by atoms with Gasteiger partial charge in [-0.25, -0.2) is 0 Å². The van der Waals surface area contributed by atoms with Crippen LogP contribution < -0.4 is 4.90 Å². The molecule has 0 aliphatic heterocycles. The lowest BCUT2D eigenvalue weighted by atomic mass is 10.0. The highest BCUT2D eigenvalue weighted by molar-refractivity contribution is 7.25. The number of benzene rings is 9. The van der Waals surface area contributed by atoms with E-state index in [0.717, 1.165) is 22.7 Å². The van der Waals surface area contributed by atoms with E-state index in [1.54, 1.807) is 0 Å². The molecule has 2 nitrogen and oxygen atoms in total. The Morgan fingerprint density at radius 2 is 1.06 bits per heavy atom. The highest BCUT2D eigenvalue weighted by Gasteiger charge is 2.21. The molecule has 0 saturated heterocycles. The number of hydrogen-bond acceptors (Lipinski definition) is 2. The van der Waals surface area contributed by atoms with Crippen LogP contribution in [0.15, 0.2) is 194 Å². The lowest BCUT2D eigenvalue weighted by Gasteiger charge is -2.28. The summed E-state index contributed by atoms with van der Waals surface area (Å²) in [7, 11) is 0. The fourth-order valence-corrected chi connectivity index (χ4v) is 9.46. The van der Waals surface area contributed by atoms with Crippen LogP contribution in [-0.4, -0.2) is 4.57 Å². The van der Waals surface area contributed by atoms with Crippen LogP contribution in [0.25, 0.3) is 80.3 Å². The highest BCUT2D eigenvalue weighted by Crippen LogP contribution is 2.46. The maximum absolute atomic E-state index is 2.45. The van der Waals surface area contributed by atoms with E-state index in [4.69, 9.17) is 0 Å². The molecular formula is C50H32N2S. The van der Waals surface area contributed by atoms with Crippen LogP contribution in [0.1, 0.15) is 0 Å². The Morgan fingerprint density at radius 3 is 1.96 bits per heavy atom. The Kier molecular flexibility index (Phi) is 6.76. The largest absolute Gasteiger partial charge is 0.310 e. The van der Waals surface area contributed by atoms with E-state index in [2.05, 4.69) is 204 Å². The number of anilines is 3. The Balaban J connectivity index is 1.21. The van der Waals surface area contributed by atoms with Crippen LogP contribution in [0, 0.1) is 0 Å². The molecule has 2 aromatic heterocycles. The lowest BCUT2D eigenvalue weighted by molar-refractivity contribution is 1.18. The molecule has 0 saturated carbocycles. The first kappa shape index (κ1) is 30.0. The highest BCUT2D eigenvalue weighted by atomic mass is 32.1. The third kappa shape index (κ3) is 4.78. The first-order valence-electron chi connectivity index (χ1n) is 18.1. The molecule has 0 amide bonds. The van der Waals surface area contributed by atoms with Gasteiger partial charge in [-0.2, -0.15) is 0 Å². The molecule has 0 radical (unpaired) electrons. The summed E-state index contributed by atoms with van der Waals surface area (Å²) in [5, 5.41) is 10.1. The third-order valence-corrected chi connectivity index (χ3v) is 11.9. The van der Waals surface area contributed by atoms with Gasteiger partial charge in [0.1, 0.15) is 0 Å². The van der Waals surface area contributed by atoms with Crippen molar-refractivity contribution in [3.05, 3.63) is 194 Å². The van der Waals surface area contributed by atoms with E-state index < -0.39 is 0 Å². The van der Waals surface area contributed by atoms with Crippen molar-refractivity contribution < 1.29 is 0 Å². The molecule has 0 atom stereocenters. The summed E-state index contributed by atoms with van der Waals surface area (Å²) in [4.78, 5) is 2.45. The molecule has 0 aliphatic carbocycles. The second-order valence-electron chi connectivity index (χ2n) is 13.7. The first-order chi connectivity index (χ1) is 26.3. The van der Waals surface area contributed by atoms with Crippen molar-refractivity contribution in [2.24, 2.45) is 0 Å². The Bertz CT molecular complexity index is 3190. The number of thiophene rings is 1. The van der Waals surface area contributed by atoms with Crippen molar-refractivity contribution in [3.8, 4) is 16.8 Å². The normalized spacial score (nSPS) is 11.8. The Hall–Kier alpha value is -6.68. The Morgan fingerprint density at radius 1 is 0.396 bits per heavy atom. The molecule has 0 N–H and O–H groups in total. The van der Waals surface area contributed by atoms with E-state index in [1.807, 2.05) is 11.3 Å². The van der Waals surface area contributed by atoms with Gasteiger partial charge < -0.3 is 9.47 Å². The molecule has 9 aromatic carbocycles. The van der Waals surface area contributed by atoms with Gasteiger partial charge in [0.25, 0.3) is 0 Å². The molecule has 11 rings (SSSR count). The van der Waals surface area contributed by atoms with Crippen LogP contribution in [0.2, 0.25) is 0 Å². The summed E-state index contributed by atoms with van der Waals surface area (Å²) in [6.07, 6.45) is 0. The predicted molar refractivity (Wildman–Crippen MR) is 229 cm³/mol. The van der Waals surface area contributed by atoms with Crippen LogP contribution in [0.4, 0.5) is 17.1 Å². The topological polar surface area (TPSA) is 8.17 Å². The summed E-state index contributed by atoms with van der Waals surface area (Å²) in [5.74, 6) is 0. The second kappa shape index (κ2) is 11.9. The smallest absolute Gasteiger partial charge is 0.0547 e. The summed E-state index contributed by atoms with van der Waals surface area (Å²) >= 11 is 1.86. The predicted octanol–water partition coefficient (Wildman–Crippen LogP) is 14.6. The molecule has 0 unspecified atom stereocenters. The van der Waals surface area contributed by atoms with Gasteiger partial charge in [-0.3, -0.25) is 0 Å². The molecule has 0 aliphatic rings. The molecule has 0 spiro atoms. The summed E-state index contributed by atoms with van der Waals surface area (Å²) < 4.78 is 5.04. The van der Waals surface area contributed by atoms with Crippen LogP contribution in [-0.2, 0) is 0 Å². The van der Waals surface area contributed by atoms with Crippen molar-refractivity contribution in [1.82, 2.24) is 4.57 Å². The number of para-hydroxylation sites is 1. The molecule has 0 fully saturated rings. The average molecular weight is 693 g/mol. The summed E-state index contributed by atoms with van der Waals surface area (Å²) in [6.45, 7) is 0. The quantitative estimate of drug-likeness (QED) is 0.174. The Labute approximate surface area is 311 Å². The number of rotatable bonds is 5. The second-order valence-corrected chi connectivity index (χ2v) is 14.8. The maximum Gasteiger partial charge on any atom is 0.0547 e. The molecule has 2 heterocycles. The van der Waals surface area contributed by atoms with Crippen molar-refractivity contribution >= 4 is 91.9 Å². The molecular weight excluding hydrogens is 661 g/mol. The third-order valence-electron chi connectivity index (χ3n) is 10.7. The minimum absolute atomic E-state index is 1.12. The van der Waals surface area contributed by atoms with Gasteiger partial charge in [0.15, 0.2) is 0 Å². The number of hydrogen-bond donors (Lipinski definition) is 0. The zero-order valence-electron chi connectivity index (χ0n) is 28.8. The van der Waals surface area contributed by atoms with Gasteiger partial charge >= 0.3 is 0 Å². The van der Waals surface area contributed by atoms with Crippen LogP contribution in [0.5, 0.6) is 0 Å². The fourth-order valence-electron chi connectivity index (χ4n) is 8.32. The molecule has 53 heavy (non-hydrogen) atoms. The van der Waals surface area contributed by atoms with Gasteiger partial charge in [-0.15, -0.1) is 11.3 Å². The van der Waals surface area contributed by atoms with E-state index in [-0.39, 0.29) is 0 Å². The van der Waals surface area contributed by atoms with Crippen molar-refractivity contribution in [2.75, 3.05) is 4.90 Å². The molecule has 0 bridgehead atoms. The average Bonchev–Trinajstić information content (AvgIpc) is 3.76. The van der Waals surface area contributed by atoms with Crippen molar-refractivity contribution in [2.45, 2.75) is 0 Å². The number of fused-ring (bicyclic) bond motifs is 9. The van der Waals surface area contributed by atoms with Gasteiger partial charge in [0.2, 0.25) is 0 Å². The van der Waals surface area contributed by atoms with Crippen LogP contribution in [0.3, 0.4) is 0 Å². The maximum atomic E-state index is 2.45. The van der Waals surface area contributed by atoms with E-state index in [1.165, 1.54) is 74.6 Å². The molecule has 11 aromatic rings. The number of nitrogens with zero attached hydrogens (tertiary/aromatic N) is 2.